The minimum atomic E-state index is -4.57. The van der Waals surface area contributed by atoms with Crippen molar-refractivity contribution in [2.45, 2.75) is 39.5 Å². The Morgan fingerprint density at radius 3 is 2.38 bits per heavy atom. The second-order valence-electron chi connectivity index (χ2n) is 6.73. The number of hydrogen-bond acceptors (Lipinski definition) is 3. The summed E-state index contributed by atoms with van der Waals surface area (Å²) < 4.78 is 41.3. The number of hydrogen-bond donors (Lipinski definition) is 1. The molecule has 0 saturated carbocycles. The van der Waals surface area contributed by atoms with Crippen molar-refractivity contribution < 1.29 is 18.0 Å². The van der Waals surface area contributed by atoms with Crippen molar-refractivity contribution in [1.29, 1.82) is 0 Å². The van der Waals surface area contributed by atoms with E-state index in [0.717, 1.165) is 22.0 Å². The van der Waals surface area contributed by atoms with Gasteiger partial charge in [-0.15, -0.1) is 0 Å². The van der Waals surface area contributed by atoms with E-state index in [2.05, 4.69) is 15.5 Å². The number of amides is 1. The molecule has 3 rings (SSSR count). The lowest BCUT2D eigenvalue weighted by molar-refractivity contribution is -0.141. The first-order valence-corrected chi connectivity index (χ1v) is 9.15. The van der Waals surface area contributed by atoms with Crippen LogP contribution >= 0.6 is 11.6 Å². The average Bonchev–Trinajstić information content (AvgIpc) is 3.19. The van der Waals surface area contributed by atoms with Gasteiger partial charge in [-0.3, -0.25) is 14.2 Å². The van der Waals surface area contributed by atoms with E-state index in [9.17, 15) is 18.0 Å². The summed E-state index contributed by atoms with van der Waals surface area (Å²) >= 11 is 5.89. The minimum Gasteiger partial charge on any atom is -0.307 e. The molecule has 0 spiro atoms. The highest BCUT2D eigenvalue weighted by molar-refractivity contribution is 6.30. The van der Waals surface area contributed by atoms with Crippen LogP contribution in [0.4, 0.5) is 19.0 Å². The predicted molar refractivity (Wildman–Crippen MR) is 103 cm³/mol. The number of benzene rings is 1. The van der Waals surface area contributed by atoms with E-state index in [1.54, 1.807) is 22.9 Å². The summed E-state index contributed by atoms with van der Waals surface area (Å²) in [5.74, 6) is -0.199. The summed E-state index contributed by atoms with van der Waals surface area (Å²) in [7, 11) is 0. The molecule has 1 amide bonds. The summed E-state index contributed by atoms with van der Waals surface area (Å²) in [4.78, 5) is 12.5. The Balaban J connectivity index is 1.72. The van der Waals surface area contributed by atoms with Crippen LogP contribution in [-0.4, -0.2) is 25.5 Å². The van der Waals surface area contributed by atoms with Crippen molar-refractivity contribution in [3.8, 4) is 0 Å². The second kappa shape index (κ2) is 7.90. The van der Waals surface area contributed by atoms with E-state index in [1.807, 2.05) is 19.1 Å². The molecule has 0 radical (unpaired) electrons. The highest BCUT2D eigenvalue weighted by Gasteiger charge is 2.35. The van der Waals surface area contributed by atoms with Gasteiger partial charge in [0.25, 0.3) is 0 Å². The fourth-order valence-electron chi connectivity index (χ4n) is 2.85. The largest absolute Gasteiger partial charge is 0.435 e. The maximum atomic E-state index is 12.8. The molecule has 2 aromatic heterocycles. The quantitative estimate of drug-likeness (QED) is 0.649. The van der Waals surface area contributed by atoms with Crippen molar-refractivity contribution >= 4 is 23.3 Å². The Bertz CT molecular complexity index is 1020. The van der Waals surface area contributed by atoms with Crippen LogP contribution in [0.5, 0.6) is 0 Å². The fourth-order valence-corrected chi connectivity index (χ4v) is 2.98. The Hall–Kier alpha value is -2.81. The lowest BCUT2D eigenvalue weighted by Crippen LogP contribution is -2.26. The van der Waals surface area contributed by atoms with Gasteiger partial charge in [-0.1, -0.05) is 23.7 Å². The first kappa shape index (κ1) is 20.9. The Morgan fingerprint density at radius 1 is 1.14 bits per heavy atom. The first-order chi connectivity index (χ1) is 13.5. The number of nitrogens with one attached hydrogen (secondary N) is 1. The molecule has 6 nitrogen and oxygen atoms in total. The fraction of sp³-hybridized carbons (Fsp3) is 0.316. The van der Waals surface area contributed by atoms with Crippen LogP contribution in [0.15, 0.2) is 36.4 Å². The number of carbonyl (C=O) groups excluding carboxylic acids is 1. The van der Waals surface area contributed by atoms with Crippen LogP contribution in [0, 0.1) is 13.8 Å². The SMILES string of the molecule is Cc1cc(NC(=O)C(C)n2nc(C(F)(F)F)cc2C)nn1Cc1ccc(Cl)cc1. The molecule has 0 aliphatic carbocycles. The summed E-state index contributed by atoms with van der Waals surface area (Å²) in [6.45, 7) is 5.28. The second-order valence-corrected chi connectivity index (χ2v) is 7.17. The highest BCUT2D eigenvalue weighted by atomic mass is 35.5. The molecule has 1 N–H and O–H groups in total. The van der Waals surface area contributed by atoms with E-state index >= 15 is 0 Å². The Labute approximate surface area is 170 Å². The van der Waals surface area contributed by atoms with Crippen LogP contribution in [0.1, 0.15) is 35.6 Å². The van der Waals surface area contributed by atoms with E-state index in [4.69, 9.17) is 11.6 Å². The number of alkyl halides is 3. The molecular formula is C19H19ClF3N5O. The number of halogens is 4. The summed E-state index contributed by atoms with van der Waals surface area (Å²) in [5.41, 5.74) is 1.01. The standard InChI is InChI=1S/C19H19ClF3N5O/c1-11-9-17(26-27(11)10-14-4-6-15(20)7-5-14)24-18(29)13(3)28-12(2)8-16(25-28)19(21,22)23/h4-9,13H,10H2,1-3H3,(H,24,26,29). The van der Waals surface area contributed by atoms with Crippen molar-refractivity contribution in [1.82, 2.24) is 19.6 Å². The van der Waals surface area contributed by atoms with E-state index in [0.29, 0.717) is 17.4 Å². The number of aromatic nitrogens is 4. The third-order valence-electron chi connectivity index (χ3n) is 4.44. The van der Waals surface area contributed by atoms with Crippen molar-refractivity contribution in [3.63, 3.8) is 0 Å². The van der Waals surface area contributed by atoms with Crippen molar-refractivity contribution in [3.05, 3.63) is 64.1 Å². The lowest BCUT2D eigenvalue weighted by atomic mass is 10.2. The van der Waals surface area contributed by atoms with Gasteiger partial charge in [-0.2, -0.15) is 23.4 Å². The molecule has 1 unspecified atom stereocenters. The third kappa shape index (κ3) is 4.79. The van der Waals surface area contributed by atoms with Crippen LogP contribution in [0.25, 0.3) is 0 Å². The lowest BCUT2D eigenvalue weighted by Gasteiger charge is -2.13. The van der Waals surface area contributed by atoms with Crippen LogP contribution in [-0.2, 0) is 17.5 Å². The number of nitrogens with zero attached hydrogens (tertiary/aromatic N) is 4. The molecule has 0 fully saturated rings. The van der Waals surface area contributed by atoms with Gasteiger partial charge in [0.05, 0.1) is 6.54 Å². The zero-order chi connectivity index (χ0) is 21.3. The molecule has 29 heavy (non-hydrogen) atoms. The van der Waals surface area contributed by atoms with E-state index < -0.39 is 23.8 Å². The van der Waals surface area contributed by atoms with Crippen LogP contribution in [0.2, 0.25) is 5.02 Å². The molecular weight excluding hydrogens is 407 g/mol. The molecule has 0 aliphatic heterocycles. The molecule has 1 aromatic carbocycles. The molecule has 3 aromatic rings. The monoisotopic (exact) mass is 425 g/mol. The van der Waals surface area contributed by atoms with Crippen molar-refractivity contribution in [2.24, 2.45) is 0 Å². The number of carbonyl (C=O) groups is 1. The molecule has 2 heterocycles. The van der Waals surface area contributed by atoms with Gasteiger partial charge >= 0.3 is 6.18 Å². The van der Waals surface area contributed by atoms with Gasteiger partial charge < -0.3 is 5.32 Å². The third-order valence-corrected chi connectivity index (χ3v) is 4.69. The van der Waals surface area contributed by atoms with Gasteiger partial charge in [0, 0.05) is 22.5 Å². The average molecular weight is 426 g/mol. The highest BCUT2D eigenvalue weighted by Crippen LogP contribution is 2.29. The van der Waals surface area contributed by atoms with Gasteiger partial charge in [-0.05, 0) is 44.5 Å². The topological polar surface area (TPSA) is 64.7 Å². The van der Waals surface area contributed by atoms with Crippen molar-refractivity contribution in [2.75, 3.05) is 5.32 Å². The summed E-state index contributed by atoms with van der Waals surface area (Å²) in [5, 5.41) is 11.1. The molecule has 1 atom stereocenters. The van der Waals surface area contributed by atoms with Gasteiger partial charge in [0.15, 0.2) is 11.5 Å². The number of rotatable bonds is 5. The zero-order valence-corrected chi connectivity index (χ0v) is 16.7. The maximum absolute atomic E-state index is 12.8. The number of aryl methyl sites for hydroxylation is 2. The van der Waals surface area contributed by atoms with Gasteiger partial charge in [-0.25, -0.2) is 0 Å². The zero-order valence-electron chi connectivity index (χ0n) is 16.0. The van der Waals surface area contributed by atoms with Crippen LogP contribution < -0.4 is 5.32 Å². The van der Waals surface area contributed by atoms with E-state index in [-0.39, 0.29) is 5.69 Å². The minimum absolute atomic E-state index is 0.240. The molecule has 10 heteroatoms. The predicted octanol–water partition coefficient (Wildman–Crippen LogP) is 4.62. The molecule has 154 valence electrons. The summed E-state index contributed by atoms with van der Waals surface area (Å²) in [6.07, 6.45) is -4.57. The Kier molecular flexibility index (Phi) is 5.70. The molecule has 0 aliphatic rings. The molecule has 0 bridgehead atoms. The van der Waals surface area contributed by atoms with Gasteiger partial charge in [0.1, 0.15) is 6.04 Å². The van der Waals surface area contributed by atoms with Gasteiger partial charge in [0.2, 0.25) is 5.91 Å². The molecule has 0 saturated heterocycles. The summed E-state index contributed by atoms with van der Waals surface area (Å²) in [6, 6.07) is 8.98. The maximum Gasteiger partial charge on any atom is 0.435 e. The first-order valence-electron chi connectivity index (χ1n) is 8.77. The smallest absolute Gasteiger partial charge is 0.307 e. The Morgan fingerprint density at radius 2 is 1.79 bits per heavy atom. The van der Waals surface area contributed by atoms with Crippen LogP contribution in [0.3, 0.4) is 0 Å². The number of anilines is 1. The van der Waals surface area contributed by atoms with E-state index in [1.165, 1.54) is 13.8 Å². The normalized spacial score (nSPS) is 12.8.